The van der Waals surface area contributed by atoms with E-state index < -0.39 is 6.09 Å². The largest absolute Gasteiger partial charge is 0.450 e. The Kier molecular flexibility index (Phi) is 5.07. The predicted molar refractivity (Wildman–Crippen MR) is 77.8 cm³/mol. The van der Waals surface area contributed by atoms with Crippen LogP contribution in [0.5, 0.6) is 0 Å². The first-order chi connectivity index (χ1) is 9.29. The molecule has 0 atom stereocenters. The third-order valence-corrected chi connectivity index (χ3v) is 3.36. The summed E-state index contributed by atoms with van der Waals surface area (Å²) in [6.07, 6.45) is 4.80. The van der Waals surface area contributed by atoms with Crippen LogP contribution in [0.3, 0.4) is 0 Å². The van der Waals surface area contributed by atoms with E-state index in [1.165, 1.54) is 31.4 Å². The summed E-state index contributed by atoms with van der Waals surface area (Å²) in [5, 5.41) is 2.71. The molecule has 4 heteroatoms. The molecule has 2 rings (SSSR count). The van der Waals surface area contributed by atoms with Crippen LogP contribution in [-0.2, 0) is 4.74 Å². The number of hydrogen-bond acceptors (Lipinski definition) is 3. The normalized spacial score (nSPS) is 15.7. The molecule has 104 valence electrons. The van der Waals surface area contributed by atoms with Crippen molar-refractivity contribution in [1.29, 1.82) is 0 Å². The molecule has 1 aromatic carbocycles. The van der Waals surface area contributed by atoms with E-state index in [-0.39, 0.29) is 0 Å². The maximum Gasteiger partial charge on any atom is 0.411 e. The van der Waals surface area contributed by atoms with Gasteiger partial charge in [0.15, 0.2) is 0 Å². The van der Waals surface area contributed by atoms with E-state index >= 15 is 0 Å². The molecule has 0 aromatic heterocycles. The standard InChI is InChI=1S/C15H22N2O2/c1-2-19-15(18)16-13-7-9-14(10-8-13)17-11-5-3-4-6-12-17/h7-10H,2-6,11-12H2,1H3,(H,16,18). The van der Waals surface area contributed by atoms with E-state index in [9.17, 15) is 4.79 Å². The Hall–Kier alpha value is -1.71. The van der Waals surface area contributed by atoms with Gasteiger partial charge < -0.3 is 9.64 Å². The van der Waals surface area contributed by atoms with Gasteiger partial charge in [0.05, 0.1) is 6.61 Å². The third kappa shape index (κ3) is 4.16. The molecule has 0 radical (unpaired) electrons. The number of anilines is 2. The molecule has 1 saturated heterocycles. The van der Waals surface area contributed by atoms with Crippen LogP contribution < -0.4 is 10.2 Å². The number of benzene rings is 1. The van der Waals surface area contributed by atoms with Crippen LogP contribution in [0.4, 0.5) is 16.2 Å². The van der Waals surface area contributed by atoms with Crippen molar-refractivity contribution >= 4 is 17.5 Å². The van der Waals surface area contributed by atoms with Crippen molar-refractivity contribution in [2.75, 3.05) is 29.9 Å². The average molecular weight is 262 g/mol. The molecule has 1 aromatic rings. The minimum atomic E-state index is -0.398. The lowest BCUT2D eigenvalue weighted by atomic mass is 10.2. The van der Waals surface area contributed by atoms with E-state index in [1.807, 2.05) is 12.1 Å². The quantitative estimate of drug-likeness (QED) is 0.904. The summed E-state index contributed by atoms with van der Waals surface area (Å²) < 4.78 is 4.85. The van der Waals surface area contributed by atoms with Gasteiger partial charge in [-0.2, -0.15) is 0 Å². The maximum atomic E-state index is 11.3. The highest BCUT2D eigenvalue weighted by molar-refractivity contribution is 5.84. The van der Waals surface area contributed by atoms with E-state index in [4.69, 9.17) is 4.74 Å². The molecule has 1 amide bonds. The van der Waals surface area contributed by atoms with Crippen LogP contribution in [-0.4, -0.2) is 25.8 Å². The lowest BCUT2D eigenvalue weighted by Gasteiger charge is -2.22. The molecule has 0 bridgehead atoms. The SMILES string of the molecule is CCOC(=O)Nc1ccc(N2CCCCCC2)cc1. The number of ether oxygens (including phenoxy) is 1. The van der Waals surface area contributed by atoms with Crippen molar-refractivity contribution in [3.8, 4) is 0 Å². The molecular formula is C15H22N2O2. The topological polar surface area (TPSA) is 41.6 Å². The van der Waals surface area contributed by atoms with Crippen molar-refractivity contribution in [3.05, 3.63) is 24.3 Å². The van der Waals surface area contributed by atoms with Crippen LogP contribution in [0.25, 0.3) is 0 Å². The minimum absolute atomic E-state index is 0.387. The molecule has 1 aliphatic rings. The van der Waals surface area contributed by atoms with Gasteiger partial charge in [0.2, 0.25) is 0 Å². The van der Waals surface area contributed by atoms with Gasteiger partial charge >= 0.3 is 6.09 Å². The van der Waals surface area contributed by atoms with Crippen molar-refractivity contribution in [3.63, 3.8) is 0 Å². The fourth-order valence-electron chi connectivity index (χ4n) is 2.37. The van der Waals surface area contributed by atoms with Gasteiger partial charge in [-0.15, -0.1) is 0 Å². The zero-order chi connectivity index (χ0) is 13.5. The fraction of sp³-hybridized carbons (Fsp3) is 0.533. The molecular weight excluding hydrogens is 240 g/mol. The Bertz CT molecular complexity index is 395. The Labute approximate surface area is 114 Å². The number of amides is 1. The second-order valence-electron chi connectivity index (χ2n) is 4.79. The van der Waals surface area contributed by atoms with Gasteiger partial charge in [-0.05, 0) is 44.0 Å². The van der Waals surface area contributed by atoms with Crippen LogP contribution in [0, 0.1) is 0 Å². The zero-order valence-corrected chi connectivity index (χ0v) is 11.5. The fourth-order valence-corrected chi connectivity index (χ4v) is 2.37. The smallest absolute Gasteiger partial charge is 0.411 e. The highest BCUT2D eigenvalue weighted by Gasteiger charge is 2.10. The highest BCUT2D eigenvalue weighted by Crippen LogP contribution is 2.21. The first-order valence-electron chi connectivity index (χ1n) is 7.08. The molecule has 1 heterocycles. The Balaban J connectivity index is 1.95. The number of rotatable bonds is 3. The van der Waals surface area contributed by atoms with E-state index in [0.717, 1.165) is 18.8 Å². The zero-order valence-electron chi connectivity index (χ0n) is 11.5. The van der Waals surface area contributed by atoms with Crippen LogP contribution in [0.2, 0.25) is 0 Å². The molecule has 4 nitrogen and oxygen atoms in total. The van der Waals surface area contributed by atoms with Crippen LogP contribution in [0.1, 0.15) is 32.6 Å². The van der Waals surface area contributed by atoms with E-state index in [2.05, 4.69) is 22.3 Å². The Morgan fingerprint density at radius 1 is 1.16 bits per heavy atom. The summed E-state index contributed by atoms with van der Waals surface area (Å²) >= 11 is 0. The average Bonchev–Trinajstić information content (AvgIpc) is 2.69. The second-order valence-corrected chi connectivity index (χ2v) is 4.79. The second kappa shape index (κ2) is 7.02. The molecule has 0 spiro atoms. The van der Waals surface area contributed by atoms with Crippen LogP contribution >= 0.6 is 0 Å². The molecule has 19 heavy (non-hydrogen) atoms. The molecule has 0 saturated carbocycles. The Morgan fingerprint density at radius 2 is 1.79 bits per heavy atom. The molecule has 1 fully saturated rings. The number of hydrogen-bond donors (Lipinski definition) is 1. The lowest BCUT2D eigenvalue weighted by Crippen LogP contribution is -2.23. The summed E-state index contributed by atoms with van der Waals surface area (Å²) in [5.41, 5.74) is 2.01. The van der Waals surface area contributed by atoms with Gasteiger partial charge in [-0.1, -0.05) is 12.8 Å². The van der Waals surface area contributed by atoms with Gasteiger partial charge in [-0.3, -0.25) is 5.32 Å². The number of carbonyl (C=O) groups excluding carboxylic acids is 1. The molecule has 1 aliphatic heterocycles. The number of nitrogens with zero attached hydrogens (tertiary/aromatic N) is 1. The number of carbonyl (C=O) groups is 1. The summed E-state index contributed by atoms with van der Waals surface area (Å²) in [6.45, 7) is 4.44. The van der Waals surface area contributed by atoms with Crippen molar-refractivity contribution in [2.45, 2.75) is 32.6 Å². The van der Waals surface area contributed by atoms with Crippen molar-refractivity contribution in [1.82, 2.24) is 0 Å². The first-order valence-corrected chi connectivity index (χ1v) is 7.08. The van der Waals surface area contributed by atoms with Crippen molar-refractivity contribution in [2.24, 2.45) is 0 Å². The maximum absolute atomic E-state index is 11.3. The summed E-state index contributed by atoms with van der Waals surface area (Å²) in [6, 6.07) is 7.98. The van der Waals surface area contributed by atoms with Gasteiger partial charge in [0.1, 0.15) is 0 Å². The minimum Gasteiger partial charge on any atom is -0.450 e. The van der Waals surface area contributed by atoms with E-state index in [1.54, 1.807) is 6.92 Å². The van der Waals surface area contributed by atoms with Gasteiger partial charge in [-0.25, -0.2) is 4.79 Å². The Morgan fingerprint density at radius 3 is 2.37 bits per heavy atom. The predicted octanol–water partition coefficient (Wildman–Crippen LogP) is 3.64. The first kappa shape index (κ1) is 13.7. The molecule has 0 aliphatic carbocycles. The molecule has 0 unspecified atom stereocenters. The summed E-state index contributed by atoms with van der Waals surface area (Å²) in [7, 11) is 0. The van der Waals surface area contributed by atoms with E-state index in [0.29, 0.717) is 6.61 Å². The molecule has 1 N–H and O–H groups in total. The monoisotopic (exact) mass is 262 g/mol. The third-order valence-electron chi connectivity index (χ3n) is 3.36. The van der Waals surface area contributed by atoms with Crippen molar-refractivity contribution < 1.29 is 9.53 Å². The van der Waals surface area contributed by atoms with Gasteiger partial charge in [0.25, 0.3) is 0 Å². The lowest BCUT2D eigenvalue weighted by molar-refractivity contribution is 0.168. The summed E-state index contributed by atoms with van der Waals surface area (Å²) in [5.74, 6) is 0. The number of nitrogens with one attached hydrogen (secondary N) is 1. The van der Waals surface area contributed by atoms with Gasteiger partial charge in [0, 0.05) is 24.5 Å². The summed E-state index contributed by atoms with van der Waals surface area (Å²) in [4.78, 5) is 13.7. The highest BCUT2D eigenvalue weighted by atomic mass is 16.5. The van der Waals surface area contributed by atoms with Crippen LogP contribution in [0.15, 0.2) is 24.3 Å².